The highest BCUT2D eigenvalue weighted by atomic mass is 19.4. The zero-order chi connectivity index (χ0) is 29.1. The average molecular weight is 566 g/mol. The van der Waals surface area contributed by atoms with E-state index in [1.165, 1.54) is 6.07 Å². The minimum absolute atomic E-state index is 0.0864. The average Bonchev–Trinajstić information content (AvgIpc) is 2.89. The van der Waals surface area contributed by atoms with Crippen LogP contribution in [0.15, 0.2) is 36.7 Å². The number of aromatic nitrogens is 1. The van der Waals surface area contributed by atoms with Gasteiger partial charge in [-0.1, -0.05) is 0 Å². The first kappa shape index (κ1) is 29.2. The van der Waals surface area contributed by atoms with Crippen LogP contribution < -0.4 is 15.0 Å². The van der Waals surface area contributed by atoms with Crippen LogP contribution >= 0.6 is 0 Å². The molecular formula is C27H34F3N5O5. The summed E-state index contributed by atoms with van der Waals surface area (Å²) in [5, 5.41) is 14.1. The second-order valence-electron chi connectivity index (χ2n) is 11.0. The second-order valence-corrected chi connectivity index (χ2v) is 11.0. The van der Waals surface area contributed by atoms with Gasteiger partial charge in [0.05, 0.1) is 22.9 Å². The van der Waals surface area contributed by atoms with E-state index in [9.17, 15) is 28.1 Å². The van der Waals surface area contributed by atoms with Crippen LogP contribution in [0, 0.1) is 10.1 Å². The molecule has 218 valence electrons. The highest BCUT2D eigenvalue weighted by molar-refractivity contribution is 5.69. The predicted molar refractivity (Wildman–Crippen MR) is 143 cm³/mol. The van der Waals surface area contributed by atoms with Crippen molar-refractivity contribution in [2.45, 2.75) is 70.4 Å². The molecule has 0 bridgehead atoms. The Hall–Kier alpha value is -3.77. The number of alkyl halides is 3. The van der Waals surface area contributed by atoms with Crippen molar-refractivity contribution in [2.75, 3.05) is 36.4 Å². The fraction of sp³-hybridized carbons (Fsp3) is 0.556. The van der Waals surface area contributed by atoms with Crippen molar-refractivity contribution in [1.82, 2.24) is 9.88 Å². The summed E-state index contributed by atoms with van der Waals surface area (Å²) in [4.78, 5) is 30.4. The fourth-order valence-electron chi connectivity index (χ4n) is 4.93. The number of hydrogen-bond donors (Lipinski definition) is 1. The molecule has 1 saturated carbocycles. The lowest BCUT2D eigenvalue weighted by molar-refractivity contribution is -0.388. The molecule has 0 unspecified atom stereocenters. The van der Waals surface area contributed by atoms with Gasteiger partial charge in [0.15, 0.2) is 5.75 Å². The number of anilines is 2. The van der Waals surface area contributed by atoms with E-state index in [0.717, 1.165) is 17.8 Å². The number of nitro benzene ring substituents is 1. The molecule has 1 aromatic heterocycles. The largest absolute Gasteiger partial charge is 0.487 e. The summed E-state index contributed by atoms with van der Waals surface area (Å²) in [6, 6.07) is 4.79. The van der Waals surface area contributed by atoms with Crippen molar-refractivity contribution in [3.8, 4) is 5.75 Å². The van der Waals surface area contributed by atoms with Crippen LogP contribution in [0.4, 0.5) is 35.0 Å². The van der Waals surface area contributed by atoms with Gasteiger partial charge in [0, 0.05) is 50.2 Å². The molecule has 13 heteroatoms. The molecule has 1 aliphatic carbocycles. The molecule has 1 amide bonds. The number of rotatable bonds is 6. The Labute approximate surface area is 230 Å². The van der Waals surface area contributed by atoms with Gasteiger partial charge >= 0.3 is 12.3 Å². The minimum atomic E-state index is -4.82. The molecule has 0 radical (unpaired) electrons. The Bertz CT molecular complexity index is 1200. The second kappa shape index (κ2) is 11.8. The lowest BCUT2D eigenvalue weighted by Gasteiger charge is -2.37. The molecule has 1 N–H and O–H groups in total. The number of carbonyl (C=O) groups excluding carboxylic acids is 1. The number of benzene rings is 1. The number of nitro groups is 1. The number of hydrogen-bond acceptors (Lipinski definition) is 8. The van der Waals surface area contributed by atoms with E-state index < -0.39 is 28.0 Å². The fourth-order valence-corrected chi connectivity index (χ4v) is 4.93. The molecule has 1 saturated heterocycles. The SMILES string of the molecule is CC(C)(C)OC(=O)N1CCN(c2ccncc2O[C@H]2CC[C@H](Nc3ccc([N+](=O)[O-])c(C(F)(F)F)c3)CC2)CC1. The maximum atomic E-state index is 13.3. The van der Waals surface area contributed by atoms with Gasteiger partial charge in [-0.2, -0.15) is 13.2 Å². The molecule has 40 heavy (non-hydrogen) atoms. The summed E-state index contributed by atoms with van der Waals surface area (Å²) in [6.07, 6.45) is 0.807. The molecule has 1 aromatic carbocycles. The minimum Gasteiger partial charge on any atom is -0.487 e. The van der Waals surface area contributed by atoms with Crippen molar-refractivity contribution in [1.29, 1.82) is 0 Å². The number of halogens is 3. The van der Waals surface area contributed by atoms with E-state index in [4.69, 9.17) is 9.47 Å². The third-order valence-electron chi connectivity index (χ3n) is 6.87. The van der Waals surface area contributed by atoms with Crippen LogP contribution in [0.1, 0.15) is 52.0 Å². The summed E-state index contributed by atoms with van der Waals surface area (Å²) in [5.41, 5.74) is -1.70. The van der Waals surface area contributed by atoms with Gasteiger partial charge in [0.2, 0.25) is 0 Å². The van der Waals surface area contributed by atoms with Crippen LogP contribution in [-0.4, -0.2) is 64.8 Å². The Kier molecular flexibility index (Phi) is 8.59. The first-order valence-electron chi connectivity index (χ1n) is 13.3. The molecule has 2 heterocycles. The maximum Gasteiger partial charge on any atom is 0.423 e. The van der Waals surface area contributed by atoms with Gasteiger partial charge in [-0.3, -0.25) is 15.1 Å². The Morgan fingerprint density at radius 3 is 2.35 bits per heavy atom. The number of carbonyl (C=O) groups is 1. The maximum absolute atomic E-state index is 13.3. The Morgan fingerprint density at radius 2 is 1.75 bits per heavy atom. The molecule has 1 aliphatic heterocycles. The monoisotopic (exact) mass is 565 g/mol. The van der Waals surface area contributed by atoms with Crippen molar-refractivity contribution in [2.24, 2.45) is 0 Å². The van der Waals surface area contributed by atoms with E-state index in [2.05, 4.69) is 15.2 Å². The standard InChI is InChI=1S/C27H34F3N5O5/c1-26(2,3)40-25(36)34-14-12-33(13-15-34)23-10-11-31-17-24(23)39-20-7-4-18(5-8-20)32-19-6-9-22(35(37)38)21(16-19)27(28,29)30/h6,9-11,16-18,20,32H,4-5,7-8,12-15H2,1-3H3/t18-,20-. The van der Waals surface area contributed by atoms with E-state index in [-0.39, 0.29) is 23.9 Å². The number of piperazine rings is 1. The van der Waals surface area contributed by atoms with Crippen molar-refractivity contribution >= 4 is 23.2 Å². The molecule has 2 fully saturated rings. The summed E-state index contributed by atoms with van der Waals surface area (Å²) in [6.45, 7) is 7.79. The van der Waals surface area contributed by atoms with E-state index in [1.54, 1.807) is 17.3 Å². The zero-order valence-electron chi connectivity index (χ0n) is 22.7. The van der Waals surface area contributed by atoms with Gasteiger partial charge in [-0.25, -0.2) is 4.79 Å². The van der Waals surface area contributed by atoms with E-state index in [1.807, 2.05) is 26.8 Å². The van der Waals surface area contributed by atoms with Crippen LogP contribution in [0.2, 0.25) is 0 Å². The van der Waals surface area contributed by atoms with Crippen LogP contribution in [-0.2, 0) is 10.9 Å². The highest BCUT2D eigenvalue weighted by Gasteiger charge is 2.38. The van der Waals surface area contributed by atoms with Crippen molar-refractivity contribution in [3.63, 3.8) is 0 Å². The van der Waals surface area contributed by atoms with Crippen LogP contribution in [0.3, 0.4) is 0 Å². The zero-order valence-corrected chi connectivity index (χ0v) is 22.7. The summed E-state index contributed by atoms with van der Waals surface area (Å²) >= 11 is 0. The third kappa shape index (κ3) is 7.45. The van der Waals surface area contributed by atoms with Crippen molar-refractivity contribution < 1.29 is 32.4 Å². The summed E-state index contributed by atoms with van der Waals surface area (Å²) in [5.74, 6) is 0.648. The van der Waals surface area contributed by atoms with E-state index >= 15 is 0 Å². The molecule has 0 spiro atoms. The molecule has 0 atom stereocenters. The third-order valence-corrected chi connectivity index (χ3v) is 6.87. The summed E-state index contributed by atoms with van der Waals surface area (Å²) < 4.78 is 51.8. The Morgan fingerprint density at radius 1 is 1.07 bits per heavy atom. The quantitative estimate of drug-likeness (QED) is 0.342. The number of ether oxygens (including phenoxy) is 2. The highest BCUT2D eigenvalue weighted by Crippen LogP contribution is 2.38. The molecule has 10 nitrogen and oxygen atoms in total. The van der Waals surface area contributed by atoms with Gasteiger partial charge in [-0.05, 0) is 64.7 Å². The van der Waals surface area contributed by atoms with Gasteiger partial charge < -0.3 is 24.6 Å². The van der Waals surface area contributed by atoms with Crippen molar-refractivity contribution in [3.05, 3.63) is 52.3 Å². The first-order valence-corrected chi connectivity index (χ1v) is 13.3. The topological polar surface area (TPSA) is 110 Å². The first-order chi connectivity index (χ1) is 18.8. The Balaban J connectivity index is 1.32. The molecule has 2 aliphatic rings. The number of nitrogens with zero attached hydrogens (tertiary/aromatic N) is 4. The normalized spacial score (nSPS) is 20.1. The number of nitrogens with one attached hydrogen (secondary N) is 1. The van der Waals surface area contributed by atoms with Gasteiger partial charge in [-0.15, -0.1) is 0 Å². The molecular weight excluding hydrogens is 531 g/mol. The van der Waals surface area contributed by atoms with Crippen LogP contribution in [0.25, 0.3) is 0 Å². The lowest BCUT2D eigenvalue weighted by Crippen LogP contribution is -2.50. The lowest BCUT2D eigenvalue weighted by atomic mass is 9.92. The number of pyridine rings is 1. The molecule has 2 aromatic rings. The number of amides is 1. The smallest absolute Gasteiger partial charge is 0.423 e. The van der Waals surface area contributed by atoms with Gasteiger partial charge in [0.25, 0.3) is 5.69 Å². The van der Waals surface area contributed by atoms with Crippen LogP contribution in [0.5, 0.6) is 5.75 Å². The van der Waals surface area contributed by atoms with E-state index in [0.29, 0.717) is 57.6 Å². The molecule has 4 rings (SSSR count). The predicted octanol–water partition coefficient (Wildman–Crippen LogP) is 5.87. The summed E-state index contributed by atoms with van der Waals surface area (Å²) in [7, 11) is 0. The van der Waals surface area contributed by atoms with Gasteiger partial charge in [0.1, 0.15) is 11.2 Å².